The normalized spacial score (nSPS) is 21.6. The quantitative estimate of drug-likeness (QED) is 0.883. The van der Waals surface area contributed by atoms with Crippen molar-refractivity contribution in [2.45, 2.75) is 32.0 Å². The Morgan fingerprint density at radius 1 is 1.05 bits per heavy atom. The van der Waals surface area contributed by atoms with E-state index < -0.39 is 6.10 Å². The molecule has 1 unspecified atom stereocenters. The van der Waals surface area contributed by atoms with E-state index in [2.05, 4.69) is 25.1 Å². The third kappa shape index (κ3) is 2.24. The fourth-order valence-corrected chi connectivity index (χ4v) is 2.75. The first-order chi connectivity index (χ1) is 9.29. The van der Waals surface area contributed by atoms with Crippen molar-refractivity contribution in [1.29, 1.82) is 0 Å². The second-order valence-corrected chi connectivity index (χ2v) is 4.95. The Bertz CT molecular complexity index is 577. The van der Waals surface area contributed by atoms with Gasteiger partial charge in [0.1, 0.15) is 11.9 Å². The third-order valence-corrected chi connectivity index (χ3v) is 3.77. The number of aliphatic hydroxyl groups is 1. The van der Waals surface area contributed by atoms with Crippen molar-refractivity contribution >= 4 is 0 Å². The second-order valence-electron chi connectivity index (χ2n) is 4.95. The van der Waals surface area contributed by atoms with Crippen LogP contribution in [0.4, 0.5) is 0 Å². The van der Waals surface area contributed by atoms with Gasteiger partial charge in [0.15, 0.2) is 0 Å². The molecule has 2 atom stereocenters. The lowest BCUT2D eigenvalue weighted by Gasteiger charge is -2.30. The number of fused-ring (bicyclic) bond motifs is 1. The Morgan fingerprint density at radius 2 is 1.74 bits per heavy atom. The minimum absolute atomic E-state index is 0.0546. The summed E-state index contributed by atoms with van der Waals surface area (Å²) >= 11 is 0. The lowest BCUT2D eigenvalue weighted by atomic mass is 9.92. The van der Waals surface area contributed by atoms with E-state index in [0.717, 1.165) is 17.7 Å². The van der Waals surface area contributed by atoms with Gasteiger partial charge in [-0.15, -0.1) is 0 Å². The first kappa shape index (κ1) is 12.2. The average molecular weight is 254 g/mol. The highest BCUT2D eigenvalue weighted by Crippen LogP contribution is 2.41. The van der Waals surface area contributed by atoms with Crippen molar-refractivity contribution in [3.8, 4) is 5.75 Å². The van der Waals surface area contributed by atoms with Crippen LogP contribution >= 0.6 is 0 Å². The summed E-state index contributed by atoms with van der Waals surface area (Å²) < 4.78 is 6.07. The maximum atomic E-state index is 10.3. The van der Waals surface area contributed by atoms with Crippen molar-refractivity contribution in [3.05, 3.63) is 65.2 Å². The van der Waals surface area contributed by atoms with E-state index in [1.807, 2.05) is 30.3 Å². The van der Waals surface area contributed by atoms with Gasteiger partial charge in [-0.3, -0.25) is 0 Å². The molecule has 0 fully saturated rings. The van der Waals surface area contributed by atoms with Crippen molar-refractivity contribution < 1.29 is 9.84 Å². The van der Waals surface area contributed by atoms with Gasteiger partial charge in [0.05, 0.1) is 6.10 Å². The lowest BCUT2D eigenvalue weighted by molar-refractivity contribution is 0.0653. The van der Waals surface area contributed by atoms with Crippen LogP contribution in [-0.4, -0.2) is 5.11 Å². The first-order valence-corrected chi connectivity index (χ1v) is 6.81. The van der Waals surface area contributed by atoms with Gasteiger partial charge >= 0.3 is 0 Å². The smallest absolute Gasteiger partial charge is 0.127 e. The summed E-state index contributed by atoms with van der Waals surface area (Å²) in [7, 11) is 0. The van der Waals surface area contributed by atoms with Crippen LogP contribution in [0.5, 0.6) is 5.75 Å². The van der Waals surface area contributed by atoms with Gasteiger partial charge in [0, 0.05) is 12.0 Å². The van der Waals surface area contributed by atoms with Crippen molar-refractivity contribution in [3.63, 3.8) is 0 Å². The molecule has 98 valence electrons. The maximum absolute atomic E-state index is 10.3. The third-order valence-electron chi connectivity index (χ3n) is 3.77. The van der Waals surface area contributed by atoms with Crippen LogP contribution in [0.15, 0.2) is 48.5 Å². The van der Waals surface area contributed by atoms with Gasteiger partial charge in [-0.2, -0.15) is 0 Å². The molecule has 0 bridgehead atoms. The molecule has 0 radical (unpaired) electrons. The molecule has 2 heteroatoms. The number of benzene rings is 2. The van der Waals surface area contributed by atoms with Crippen LogP contribution in [0.2, 0.25) is 0 Å². The van der Waals surface area contributed by atoms with Crippen LogP contribution < -0.4 is 4.74 Å². The molecule has 0 saturated heterocycles. The standard InChI is InChI=1S/C17H18O2/c1-2-12-7-3-4-8-13(12)17-11-15(18)14-9-5-6-10-16(14)19-17/h3-10,15,17-18H,2,11H2,1H3/t15-,17?/m0/s1. The largest absolute Gasteiger partial charge is 0.485 e. The van der Waals surface area contributed by atoms with Gasteiger partial charge in [-0.1, -0.05) is 49.4 Å². The zero-order valence-corrected chi connectivity index (χ0v) is 11.0. The molecule has 0 saturated carbocycles. The number of aliphatic hydroxyl groups excluding tert-OH is 1. The second kappa shape index (κ2) is 5.06. The fourth-order valence-electron chi connectivity index (χ4n) is 2.75. The molecule has 2 aromatic rings. The van der Waals surface area contributed by atoms with Crippen LogP contribution in [0, 0.1) is 0 Å². The summed E-state index contributed by atoms with van der Waals surface area (Å²) in [5.41, 5.74) is 3.38. The number of aryl methyl sites for hydroxylation is 1. The van der Waals surface area contributed by atoms with E-state index in [1.165, 1.54) is 11.1 Å². The lowest BCUT2D eigenvalue weighted by Crippen LogP contribution is -2.20. The zero-order valence-electron chi connectivity index (χ0n) is 11.0. The van der Waals surface area contributed by atoms with Crippen LogP contribution in [0.25, 0.3) is 0 Å². The minimum atomic E-state index is -0.445. The highest BCUT2D eigenvalue weighted by molar-refractivity contribution is 5.39. The summed E-state index contributed by atoms with van der Waals surface area (Å²) in [6.45, 7) is 2.14. The van der Waals surface area contributed by atoms with Gasteiger partial charge in [0.2, 0.25) is 0 Å². The SMILES string of the molecule is CCc1ccccc1C1C[C@H](O)c2ccccc2O1. The van der Waals surface area contributed by atoms with Crippen LogP contribution in [0.1, 0.15) is 42.2 Å². The fraction of sp³-hybridized carbons (Fsp3) is 0.294. The molecule has 0 spiro atoms. The van der Waals surface area contributed by atoms with Gasteiger partial charge in [-0.25, -0.2) is 0 Å². The van der Waals surface area contributed by atoms with Gasteiger partial charge in [0.25, 0.3) is 0 Å². The zero-order chi connectivity index (χ0) is 13.2. The van der Waals surface area contributed by atoms with E-state index in [1.54, 1.807) is 0 Å². The number of hydrogen-bond acceptors (Lipinski definition) is 2. The molecule has 1 aliphatic rings. The van der Waals surface area contributed by atoms with E-state index in [4.69, 9.17) is 4.74 Å². The van der Waals surface area contributed by atoms with Crippen molar-refractivity contribution in [1.82, 2.24) is 0 Å². The van der Waals surface area contributed by atoms with Crippen LogP contribution in [0.3, 0.4) is 0 Å². The Kier molecular flexibility index (Phi) is 3.26. The molecule has 0 aliphatic carbocycles. The molecule has 3 rings (SSSR count). The van der Waals surface area contributed by atoms with E-state index in [9.17, 15) is 5.11 Å². The number of hydrogen-bond donors (Lipinski definition) is 1. The number of rotatable bonds is 2. The molecule has 1 N–H and O–H groups in total. The highest BCUT2D eigenvalue weighted by atomic mass is 16.5. The molecular formula is C17H18O2. The molecule has 19 heavy (non-hydrogen) atoms. The molecule has 1 heterocycles. The average Bonchev–Trinajstić information content (AvgIpc) is 2.47. The predicted molar refractivity (Wildman–Crippen MR) is 75.2 cm³/mol. The summed E-state index contributed by atoms with van der Waals surface area (Å²) in [4.78, 5) is 0. The summed E-state index contributed by atoms with van der Waals surface area (Å²) in [6, 6.07) is 16.1. The highest BCUT2D eigenvalue weighted by Gasteiger charge is 2.28. The Morgan fingerprint density at radius 3 is 2.53 bits per heavy atom. The molecule has 0 aromatic heterocycles. The van der Waals surface area contributed by atoms with Gasteiger partial charge in [-0.05, 0) is 23.6 Å². The summed E-state index contributed by atoms with van der Waals surface area (Å²) in [5, 5.41) is 10.3. The molecule has 2 aromatic carbocycles. The first-order valence-electron chi connectivity index (χ1n) is 6.81. The molecule has 1 aliphatic heterocycles. The molecule has 2 nitrogen and oxygen atoms in total. The predicted octanol–water partition coefficient (Wildman–Crippen LogP) is 3.81. The Labute approximate surface area is 113 Å². The molecule has 0 amide bonds. The topological polar surface area (TPSA) is 29.5 Å². The van der Waals surface area contributed by atoms with Gasteiger partial charge < -0.3 is 9.84 Å². The van der Waals surface area contributed by atoms with E-state index in [-0.39, 0.29) is 6.10 Å². The van der Waals surface area contributed by atoms with Crippen molar-refractivity contribution in [2.75, 3.05) is 0 Å². The Balaban J connectivity index is 1.97. The van der Waals surface area contributed by atoms with E-state index >= 15 is 0 Å². The van der Waals surface area contributed by atoms with Crippen molar-refractivity contribution in [2.24, 2.45) is 0 Å². The van der Waals surface area contributed by atoms with E-state index in [0.29, 0.717) is 6.42 Å². The number of para-hydroxylation sites is 1. The Hall–Kier alpha value is -1.80. The number of ether oxygens (including phenoxy) is 1. The minimum Gasteiger partial charge on any atom is -0.485 e. The molecular weight excluding hydrogens is 236 g/mol. The maximum Gasteiger partial charge on any atom is 0.127 e. The summed E-state index contributed by atoms with van der Waals surface area (Å²) in [6.07, 6.45) is 1.10. The monoisotopic (exact) mass is 254 g/mol. The summed E-state index contributed by atoms with van der Waals surface area (Å²) in [5.74, 6) is 0.803. The van der Waals surface area contributed by atoms with Crippen LogP contribution in [-0.2, 0) is 6.42 Å².